The summed E-state index contributed by atoms with van der Waals surface area (Å²) in [5.74, 6) is 0. The number of anilines is 1. The monoisotopic (exact) mass is 482 g/mol. The van der Waals surface area contributed by atoms with Gasteiger partial charge in [0.05, 0.1) is 17.4 Å². The van der Waals surface area contributed by atoms with Crippen molar-refractivity contribution in [3.05, 3.63) is 89.0 Å². The first kappa shape index (κ1) is 23.6. The molecule has 0 saturated carbocycles. The number of benzene rings is 1. The number of pyridine rings is 2. The van der Waals surface area contributed by atoms with Crippen LogP contribution in [0.2, 0.25) is 0 Å². The highest BCUT2D eigenvalue weighted by molar-refractivity contribution is 5.58. The Morgan fingerprint density at radius 2 is 1.81 bits per heavy atom. The molecule has 2 atom stereocenters. The van der Waals surface area contributed by atoms with E-state index in [1.165, 1.54) is 41.8 Å². The van der Waals surface area contributed by atoms with E-state index in [1.54, 1.807) is 5.56 Å². The minimum atomic E-state index is 0.431. The van der Waals surface area contributed by atoms with Gasteiger partial charge >= 0.3 is 0 Å². The molecule has 1 N–H and O–H groups in total. The van der Waals surface area contributed by atoms with Gasteiger partial charge in [-0.05, 0) is 73.7 Å². The third kappa shape index (κ3) is 5.03. The molecule has 6 nitrogen and oxygen atoms in total. The SMILES string of the molecule is CN(C[C@@H]1Cc2c(cccc2N2CCN(Cc3ccccn3)CC2)CN1)[C@H]1CCCc2cccnc21. The number of nitrogens with one attached hydrogen (secondary N) is 1. The number of hydrogen-bond acceptors (Lipinski definition) is 6. The van der Waals surface area contributed by atoms with Crippen LogP contribution in [0.5, 0.6) is 0 Å². The van der Waals surface area contributed by atoms with E-state index < -0.39 is 0 Å². The maximum atomic E-state index is 4.78. The molecule has 6 rings (SSSR count). The van der Waals surface area contributed by atoms with E-state index in [9.17, 15) is 0 Å². The Kier molecular flexibility index (Phi) is 6.99. The molecule has 188 valence electrons. The van der Waals surface area contributed by atoms with Gasteiger partial charge in [0.15, 0.2) is 0 Å². The van der Waals surface area contributed by atoms with Crippen LogP contribution in [0.1, 0.15) is 47.0 Å². The number of rotatable bonds is 6. The molecule has 1 fully saturated rings. The maximum absolute atomic E-state index is 4.78. The maximum Gasteiger partial charge on any atom is 0.0607 e. The molecular formula is C30H38N6. The Morgan fingerprint density at radius 1 is 0.944 bits per heavy atom. The molecule has 6 heteroatoms. The molecule has 0 spiro atoms. The summed E-state index contributed by atoms with van der Waals surface area (Å²) in [6, 6.07) is 18.3. The molecule has 1 saturated heterocycles. The summed E-state index contributed by atoms with van der Waals surface area (Å²) in [6.45, 7) is 7.27. The molecular weight excluding hydrogens is 444 g/mol. The first-order chi connectivity index (χ1) is 17.7. The van der Waals surface area contributed by atoms with Gasteiger partial charge in [-0.15, -0.1) is 0 Å². The number of nitrogens with zero attached hydrogens (tertiary/aromatic N) is 5. The zero-order valence-corrected chi connectivity index (χ0v) is 21.4. The molecule has 3 aliphatic rings. The quantitative estimate of drug-likeness (QED) is 0.576. The van der Waals surface area contributed by atoms with Crippen molar-refractivity contribution in [3.8, 4) is 0 Å². The first-order valence-corrected chi connectivity index (χ1v) is 13.6. The molecule has 3 aromatic rings. The van der Waals surface area contributed by atoms with Gasteiger partial charge in [-0.1, -0.05) is 24.3 Å². The third-order valence-electron chi connectivity index (χ3n) is 8.31. The lowest BCUT2D eigenvalue weighted by Crippen LogP contribution is -2.48. The van der Waals surface area contributed by atoms with Crippen molar-refractivity contribution in [2.24, 2.45) is 0 Å². The summed E-state index contributed by atoms with van der Waals surface area (Å²) in [7, 11) is 2.29. The highest BCUT2D eigenvalue weighted by atomic mass is 15.3. The predicted octanol–water partition coefficient (Wildman–Crippen LogP) is 3.82. The van der Waals surface area contributed by atoms with Crippen molar-refractivity contribution in [2.45, 2.75) is 50.9 Å². The van der Waals surface area contributed by atoms with Crippen molar-refractivity contribution in [1.82, 2.24) is 25.1 Å². The number of likely N-dealkylation sites (N-methyl/N-ethyl adjacent to an activating group) is 1. The van der Waals surface area contributed by atoms with E-state index in [-0.39, 0.29) is 0 Å². The minimum Gasteiger partial charge on any atom is -0.369 e. The van der Waals surface area contributed by atoms with Crippen molar-refractivity contribution < 1.29 is 0 Å². The number of fused-ring (bicyclic) bond motifs is 2. The Bertz CT molecular complexity index is 1160. The molecule has 36 heavy (non-hydrogen) atoms. The topological polar surface area (TPSA) is 47.5 Å². The summed E-state index contributed by atoms with van der Waals surface area (Å²) < 4.78 is 0. The lowest BCUT2D eigenvalue weighted by Gasteiger charge is -2.39. The van der Waals surface area contributed by atoms with E-state index in [0.717, 1.165) is 57.9 Å². The molecule has 0 amide bonds. The van der Waals surface area contributed by atoms with Gasteiger partial charge in [0.1, 0.15) is 0 Å². The zero-order chi connectivity index (χ0) is 24.3. The average molecular weight is 483 g/mol. The summed E-state index contributed by atoms with van der Waals surface area (Å²) in [4.78, 5) is 17.0. The molecule has 1 aliphatic carbocycles. The third-order valence-corrected chi connectivity index (χ3v) is 8.31. The van der Waals surface area contributed by atoms with Crippen LogP contribution in [0.3, 0.4) is 0 Å². The summed E-state index contributed by atoms with van der Waals surface area (Å²) in [6.07, 6.45) is 8.57. The molecule has 0 bridgehead atoms. The number of hydrogen-bond donors (Lipinski definition) is 1. The van der Waals surface area contributed by atoms with Crippen molar-refractivity contribution in [1.29, 1.82) is 0 Å². The second-order valence-electron chi connectivity index (χ2n) is 10.7. The fourth-order valence-electron chi connectivity index (χ4n) is 6.38. The van der Waals surface area contributed by atoms with Crippen LogP contribution in [-0.4, -0.2) is 65.6 Å². The average Bonchev–Trinajstić information content (AvgIpc) is 2.93. The highest BCUT2D eigenvalue weighted by Gasteiger charge is 2.29. The van der Waals surface area contributed by atoms with Gasteiger partial charge in [0.25, 0.3) is 0 Å². The Labute approximate surface area is 215 Å². The minimum absolute atomic E-state index is 0.431. The molecule has 0 unspecified atom stereocenters. The molecule has 4 heterocycles. The first-order valence-electron chi connectivity index (χ1n) is 13.6. The fourth-order valence-corrected chi connectivity index (χ4v) is 6.38. The molecule has 1 aromatic carbocycles. The van der Waals surface area contributed by atoms with Crippen LogP contribution in [0.25, 0.3) is 0 Å². The van der Waals surface area contributed by atoms with Crippen LogP contribution < -0.4 is 10.2 Å². The van der Waals surface area contributed by atoms with Crippen LogP contribution in [-0.2, 0) is 25.9 Å². The summed E-state index contributed by atoms with van der Waals surface area (Å²) in [5.41, 5.74) is 8.36. The normalized spacial score (nSPS) is 22.3. The van der Waals surface area contributed by atoms with Gasteiger partial charge in [-0.2, -0.15) is 0 Å². The predicted molar refractivity (Wildman–Crippen MR) is 145 cm³/mol. The standard InChI is InChI=1S/C30H38N6/c1-34(29-12-4-7-23-9-6-14-32-30(23)29)21-26-19-27-24(20-33-26)8-5-11-28(27)36-17-15-35(16-18-36)22-25-10-2-3-13-31-25/h2-3,5-6,8-11,13-14,26,29,33H,4,7,12,15-22H2,1H3/t26-,29-/m0/s1. The molecule has 2 aromatic heterocycles. The highest BCUT2D eigenvalue weighted by Crippen LogP contribution is 2.33. The van der Waals surface area contributed by atoms with Gasteiger partial charge in [-0.3, -0.25) is 19.8 Å². The van der Waals surface area contributed by atoms with Gasteiger partial charge < -0.3 is 10.2 Å². The lowest BCUT2D eigenvalue weighted by molar-refractivity contribution is 0.190. The number of piperazine rings is 1. The van der Waals surface area contributed by atoms with Gasteiger partial charge in [0.2, 0.25) is 0 Å². The zero-order valence-electron chi connectivity index (χ0n) is 21.4. The van der Waals surface area contributed by atoms with Crippen LogP contribution >= 0.6 is 0 Å². The van der Waals surface area contributed by atoms with Crippen LogP contribution in [0, 0.1) is 0 Å². The molecule has 2 aliphatic heterocycles. The smallest absolute Gasteiger partial charge is 0.0607 e. The Morgan fingerprint density at radius 3 is 2.67 bits per heavy atom. The largest absolute Gasteiger partial charge is 0.369 e. The van der Waals surface area contributed by atoms with Crippen molar-refractivity contribution in [2.75, 3.05) is 44.7 Å². The fraction of sp³-hybridized carbons (Fsp3) is 0.467. The van der Waals surface area contributed by atoms with E-state index in [1.807, 2.05) is 18.5 Å². The Hall–Kier alpha value is -2.80. The molecule has 0 radical (unpaired) electrons. The lowest BCUT2D eigenvalue weighted by atomic mass is 9.89. The van der Waals surface area contributed by atoms with E-state index in [4.69, 9.17) is 4.98 Å². The van der Waals surface area contributed by atoms with E-state index in [0.29, 0.717) is 12.1 Å². The van der Waals surface area contributed by atoms with Crippen LogP contribution in [0.15, 0.2) is 60.9 Å². The van der Waals surface area contributed by atoms with Crippen molar-refractivity contribution in [3.63, 3.8) is 0 Å². The Balaban J connectivity index is 1.11. The summed E-state index contributed by atoms with van der Waals surface area (Å²) in [5, 5.41) is 3.84. The second-order valence-corrected chi connectivity index (χ2v) is 10.7. The van der Waals surface area contributed by atoms with Crippen LogP contribution in [0.4, 0.5) is 5.69 Å². The number of aryl methyl sites for hydroxylation is 1. The van der Waals surface area contributed by atoms with Gasteiger partial charge in [0, 0.05) is 69.9 Å². The summed E-state index contributed by atoms with van der Waals surface area (Å²) >= 11 is 0. The van der Waals surface area contributed by atoms with E-state index in [2.05, 4.69) is 74.5 Å². The number of aromatic nitrogens is 2. The van der Waals surface area contributed by atoms with Gasteiger partial charge in [-0.25, -0.2) is 0 Å². The second kappa shape index (κ2) is 10.7. The van der Waals surface area contributed by atoms with Crippen molar-refractivity contribution >= 4 is 5.69 Å². The van der Waals surface area contributed by atoms with E-state index >= 15 is 0 Å².